The van der Waals surface area contributed by atoms with Crippen molar-refractivity contribution >= 4 is 28.4 Å². The third-order valence-electron chi connectivity index (χ3n) is 5.06. The van der Waals surface area contributed by atoms with Gasteiger partial charge in [0.1, 0.15) is 0 Å². The van der Waals surface area contributed by atoms with Crippen LogP contribution in [0.1, 0.15) is 28.9 Å². The van der Waals surface area contributed by atoms with Crippen molar-refractivity contribution in [1.82, 2.24) is 15.1 Å². The molecule has 27 heavy (non-hydrogen) atoms. The van der Waals surface area contributed by atoms with Gasteiger partial charge in [-0.25, -0.2) is 0 Å². The first-order valence-electron chi connectivity index (χ1n) is 9.22. The Balaban J connectivity index is 1.50. The maximum Gasteiger partial charge on any atom is 0.254 e. The largest absolute Gasteiger partial charge is 0.338 e. The van der Waals surface area contributed by atoms with Crippen LogP contribution in [0.3, 0.4) is 0 Å². The number of hydrogen-bond donors (Lipinski definition) is 2. The minimum absolute atomic E-state index is 0.0140. The fourth-order valence-electron chi connectivity index (χ4n) is 3.67. The lowest BCUT2D eigenvalue weighted by atomic mass is 9.95. The Morgan fingerprint density at radius 3 is 2.81 bits per heavy atom. The number of aryl methyl sites for hydroxylation is 1. The van der Waals surface area contributed by atoms with Crippen LogP contribution in [0.5, 0.6) is 0 Å². The predicted octanol–water partition coefficient (Wildman–Crippen LogP) is 3.36. The number of H-pyrrole nitrogens is 1. The molecule has 2 amide bonds. The summed E-state index contributed by atoms with van der Waals surface area (Å²) in [6.45, 7) is 2.98. The third kappa shape index (κ3) is 3.56. The summed E-state index contributed by atoms with van der Waals surface area (Å²) in [5.74, 6) is 0.196. The molecule has 1 aliphatic rings. The Hall–Kier alpha value is -3.15. The highest BCUT2D eigenvalue weighted by Gasteiger charge is 2.29. The molecule has 2 heterocycles. The van der Waals surface area contributed by atoms with E-state index >= 15 is 0 Å². The van der Waals surface area contributed by atoms with Gasteiger partial charge in [-0.2, -0.15) is 5.10 Å². The molecule has 6 nitrogen and oxygen atoms in total. The standard InChI is InChI=1S/C21H22N4O2/c1-14-12-19(24-23-14)22-20(26)16-8-5-11-25(13-16)21(27)18-10-4-7-15-6-2-3-9-17(15)18/h2-4,6-7,9-10,12,16H,5,8,11,13H2,1H3,(H2,22,23,24,26). The highest BCUT2D eigenvalue weighted by atomic mass is 16.2. The Morgan fingerprint density at radius 2 is 2.00 bits per heavy atom. The highest BCUT2D eigenvalue weighted by molar-refractivity contribution is 6.07. The minimum Gasteiger partial charge on any atom is -0.338 e. The number of nitrogens with one attached hydrogen (secondary N) is 2. The lowest BCUT2D eigenvalue weighted by Crippen LogP contribution is -2.43. The van der Waals surface area contributed by atoms with Crippen molar-refractivity contribution in [2.75, 3.05) is 18.4 Å². The topological polar surface area (TPSA) is 78.1 Å². The Bertz CT molecular complexity index is 989. The second kappa shape index (κ2) is 7.23. The zero-order valence-corrected chi connectivity index (χ0v) is 15.2. The lowest BCUT2D eigenvalue weighted by Gasteiger charge is -2.32. The van der Waals surface area contributed by atoms with Crippen LogP contribution < -0.4 is 5.32 Å². The van der Waals surface area contributed by atoms with E-state index in [2.05, 4.69) is 15.5 Å². The normalized spacial score (nSPS) is 17.1. The molecule has 0 aliphatic carbocycles. The molecule has 1 aromatic heterocycles. The molecule has 1 atom stereocenters. The number of amides is 2. The first-order valence-corrected chi connectivity index (χ1v) is 9.22. The summed E-state index contributed by atoms with van der Waals surface area (Å²) in [6, 6.07) is 15.4. The summed E-state index contributed by atoms with van der Waals surface area (Å²) in [5.41, 5.74) is 1.58. The summed E-state index contributed by atoms with van der Waals surface area (Å²) >= 11 is 0. The first-order chi connectivity index (χ1) is 13.1. The first kappa shape index (κ1) is 17.3. The quantitative estimate of drug-likeness (QED) is 0.750. The second-order valence-electron chi connectivity index (χ2n) is 7.04. The van der Waals surface area contributed by atoms with Gasteiger partial charge in [0.2, 0.25) is 5.91 Å². The van der Waals surface area contributed by atoms with Crippen LogP contribution in [0.2, 0.25) is 0 Å². The van der Waals surface area contributed by atoms with E-state index in [9.17, 15) is 9.59 Å². The van der Waals surface area contributed by atoms with Crippen LogP contribution in [0, 0.1) is 12.8 Å². The summed E-state index contributed by atoms with van der Waals surface area (Å²) in [7, 11) is 0. The molecule has 6 heteroatoms. The summed E-state index contributed by atoms with van der Waals surface area (Å²) in [6.07, 6.45) is 1.59. The van der Waals surface area contributed by atoms with Gasteiger partial charge >= 0.3 is 0 Å². The molecule has 3 aromatic rings. The molecule has 2 N–H and O–H groups in total. The van der Waals surface area contributed by atoms with Crippen LogP contribution >= 0.6 is 0 Å². The monoisotopic (exact) mass is 362 g/mol. The predicted molar refractivity (Wildman–Crippen MR) is 105 cm³/mol. The number of fused-ring (bicyclic) bond motifs is 1. The lowest BCUT2D eigenvalue weighted by molar-refractivity contribution is -0.121. The Morgan fingerprint density at radius 1 is 1.19 bits per heavy atom. The van der Waals surface area contributed by atoms with Crippen LogP contribution in [-0.4, -0.2) is 40.0 Å². The van der Waals surface area contributed by atoms with Gasteiger partial charge in [-0.05, 0) is 36.6 Å². The van der Waals surface area contributed by atoms with Crippen LogP contribution in [0.25, 0.3) is 10.8 Å². The highest BCUT2D eigenvalue weighted by Crippen LogP contribution is 2.24. The molecular weight excluding hydrogens is 340 g/mol. The zero-order chi connectivity index (χ0) is 18.8. The van der Waals surface area contributed by atoms with Gasteiger partial charge in [0, 0.05) is 30.4 Å². The molecule has 4 rings (SSSR count). The van der Waals surface area contributed by atoms with E-state index in [-0.39, 0.29) is 17.7 Å². The maximum absolute atomic E-state index is 13.1. The fourth-order valence-corrected chi connectivity index (χ4v) is 3.67. The zero-order valence-electron chi connectivity index (χ0n) is 15.2. The van der Waals surface area contributed by atoms with E-state index in [1.807, 2.05) is 49.4 Å². The van der Waals surface area contributed by atoms with Crippen molar-refractivity contribution in [3.8, 4) is 0 Å². The van der Waals surface area contributed by atoms with Crippen molar-refractivity contribution in [3.63, 3.8) is 0 Å². The van der Waals surface area contributed by atoms with Crippen molar-refractivity contribution in [3.05, 3.63) is 59.8 Å². The number of nitrogens with zero attached hydrogens (tertiary/aromatic N) is 2. The molecule has 0 saturated carbocycles. The van der Waals surface area contributed by atoms with Crippen LogP contribution in [0.15, 0.2) is 48.5 Å². The van der Waals surface area contributed by atoms with E-state index in [4.69, 9.17) is 0 Å². The van der Waals surface area contributed by atoms with Crippen LogP contribution in [-0.2, 0) is 4.79 Å². The number of anilines is 1. The van der Waals surface area contributed by atoms with Crippen molar-refractivity contribution in [1.29, 1.82) is 0 Å². The fraction of sp³-hybridized carbons (Fsp3) is 0.286. The van der Waals surface area contributed by atoms with Gasteiger partial charge in [0.15, 0.2) is 5.82 Å². The number of benzene rings is 2. The minimum atomic E-state index is -0.227. The van der Waals surface area contributed by atoms with Crippen molar-refractivity contribution < 1.29 is 9.59 Å². The van der Waals surface area contributed by atoms with Gasteiger partial charge < -0.3 is 10.2 Å². The number of aromatic nitrogens is 2. The summed E-state index contributed by atoms with van der Waals surface area (Å²) < 4.78 is 0. The maximum atomic E-state index is 13.1. The number of piperidine rings is 1. The SMILES string of the molecule is Cc1cc(NC(=O)C2CCCN(C(=O)c3cccc4ccccc34)C2)n[nH]1. The van der Waals surface area contributed by atoms with Crippen LogP contribution in [0.4, 0.5) is 5.82 Å². The number of carbonyl (C=O) groups is 2. The van der Waals surface area contributed by atoms with E-state index < -0.39 is 0 Å². The average Bonchev–Trinajstić information content (AvgIpc) is 3.11. The number of carbonyl (C=O) groups excluding carboxylic acids is 2. The van der Waals surface area contributed by atoms with Gasteiger partial charge in [-0.15, -0.1) is 0 Å². The van der Waals surface area contributed by atoms with E-state index in [0.717, 1.165) is 29.3 Å². The smallest absolute Gasteiger partial charge is 0.254 e. The Labute approximate surface area is 157 Å². The van der Waals surface area contributed by atoms with Gasteiger partial charge in [-0.3, -0.25) is 14.7 Å². The average molecular weight is 362 g/mol. The molecule has 2 aromatic carbocycles. The Kier molecular flexibility index (Phi) is 4.62. The van der Waals surface area contributed by atoms with Gasteiger partial charge in [-0.1, -0.05) is 36.4 Å². The molecule has 0 spiro atoms. The number of likely N-dealkylation sites (tertiary alicyclic amines) is 1. The third-order valence-corrected chi connectivity index (χ3v) is 5.06. The second-order valence-corrected chi connectivity index (χ2v) is 7.04. The van der Waals surface area contributed by atoms with E-state index in [1.165, 1.54) is 0 Å². The number of hydrogen-bond acceptors (Lipinski definition) is 3. The molecule has 1 aliphatic heterocycles. The molecular formula is C21H22N4O2. The molecule has 1 unspecified atom stereocenters. The number of rotatable bonds is 3. The van der Waals surface area contributed by atoms with Crippen molar-refractivity contribution in [2.24, 2.45) is 5.92 Å². The molecule has 0 bridgehead atoms. The van der Waals surface area contributed by atoms with Crippen molar-refractivity contribution in [2.45, 2.75) is 19.8 Å². The van der Waals surface area contributed by atoms with E-state index in [1.54, 1.807) is 11.0 Å². The molecule has 138 valence electrons. The molecule has 1 saturated heterocycles. The summed E-state index contributed by atoms with van der Waals surface area (Å²) in [5, 5.41) is 11.7. The number of aromatic amines is 1. The summed E-state index contributed by atoms with van der Waals surface area (Å²) in [4.78, 5) is 27.5. The molecule has 0 radical (unpaired) electrons. The molecule has 1 fully saturated rings. The van der Waals surface area contributed by atoms with Gasteiger partial charge in [0.25, 0.3) is 5.91 Å². The van der Waals surface area contributed by atoms with E-state index in [0.29, 0.717) is 24.5 Å². The van der Waals surface area contributed by atoms with Gasteiger partial charge in [0.05, 0.1) is 5.92 Å².